The number of hydrogen-bond donors (Lipinski definition) is 2. The van der Waals surface area contributed by atoms with Crippen LogP contribution in [0.15, 0.2) is 0 Å². The van der Waals surface area contributed by atoms with Gasteiger partial charge in [0.2, 0.25) is 5.91 Å². The van der Waals surface area contributed by atoms with E-state index in [1.165, 1.54) is 0 Å². The second-order valence-electron chi connectivity index (χ2n) is 6.16. The maximum atomic E-state index is 12.7. The van der Waals surface area contributed by atoms with Gasteiger partial charge in [-0.05, 0) is 44.4 Å². The second kappa shape index (κ2) is 5.57. The van der Waals surface area contributed by atoms with Gasteiger partial charge in [-0.25, -0.2) is 0 Å². The fraction of sp³-hybridized carbons (Fsp3) is 0.929. The van der Waals surface area contributed by atoms with Gasteiger partial charge in [0.25, 0.3) is 0 Å². The lowest BCUT2D eigenvalue weighted by Gasteiger charge is -2.47. The van der Waals surface area contributed by atoms with Crippen LogP contribution in [0.2, 0.25) is 0 Å². The van der Waals surface area contributed by atoms with E-state index in [1.54, 1.807) is 0 Å². The Morgan fingerprint density at radius 2 is 2.22 bits per heavy atom. The van der Waals surface area contributed by atoms with E-state index in [0.29, 0.717) is 18.5 Å². The summed E-state index contributed by atoms with van der Waals surface area (Å²) in [7, 11) is 0. The molecule has 1 atom stereocenters. The van der Waals surface area contributed by atoms with E-state index < -0.39 is 0 Å². The summed E-state index contributed by atoms with van der Waals surface area (Å²) in [5.74, 6) is 0.916. The minimum absolute atomic E-state index is 0.220. The zero-order valence-corrected chi connectivity index (χ0v) is 11.4. The van der Waals surface area contributed by atoms with Gasteiger partial charge < -0.3 is 15.7 Å². The van der Waals surface area contributed by atoms with Crippen LogP contribution in [0, 0.1) is 11.3 Å². The Hall–Kier alpha value is -0.610. The van der Waals surface area contributed by atoms with Crippen molar-refractivity contribution >= 4 is 5.91 Å². The average Bonchev–Trinajstić information content (AvgIpc) is 2.79. The van der Waals surface area contributed by atoms with Crippen molar-refractivity contribution in [1.29, 1.82) is 0 Å². The minimum Gasteiger partial charge on any atom is -0.396 e. The van der Waals surface area contributed by atoms with Gasteiger partial charge in [-0.3, -0.25) is 4.79 Å². The van der Waals surface area contributed by atoms with E-state index in [2.05, 4.69) is 11.8 Å². The molecule has 1 amide bonds. The van der Waals surface area contributed by atoms with Crippen LogP contribution in [0.1, 0.15) is 45.4 Å². The first-order valence-electron chi connectivity index (χ1n) is 7.25. The number of nitrogens with zero attached hydrogens (tertiary/aromatic N) is 1. The van der Waals surface area contributed by atoms with Crippen LogP contribution in [0.3, 0.4) is 0 Å². The number of carbonyl (C=O) groups is 1. The van der Waals surface area contributed by atoms with E-state index in [9.17, 15) is 4.79 Å². The molecule has 1 heterocycles. The molecule has 18 heavy (non-hydrogen) atoms. The molecule has 1 aliphatic carbocycles. The predicted molar refractivity (Wildman–Crippen MR) is 70.9 cm³/mol. The molecule has 3 N–H and O–H groups in total. The summed E-state index contributed by atoms with van der Waals surface area (Å²) in [5.41, 5.74) is 5.59. The number of amides is 1. The molecule has 4 heteroatoms. The lowest BCUT2D eigenvalue weighted by atomic mass is 9.61. The minimum atomic E-state index is -0.263. The Labute approximate surface area is 110 Å². The number of carbonyl (C=O) groups excluding carboxylic acids is 1. The predicted octanol–water partition coefficient (Wildman–Crippen LogP) is 1.12. The highest BCUT2D eigenvalue weighted by molar-refractivity contribution is 5.84. The number of rotatable bonds is 5. The summed E-state index contributed by atoms with van der Waals surface area (Å²) in [6.45, 7) is 3.77. The van der Waals surface area contributed by atoms with Crippen molar-refractivity contribution in [2.75, 3.05) is 19.7 Å². The van der Waals surface area contributed by atoms with Crippen LogP contribution in [0.25, 0.3) is 0 Å². The summed E-state index contributed by atoms with van der Waals surface area (Å²) >= 11 is 0. The van der Waals surface area contributed by atoms with E-state index in [-0.39, 0.29) is 17.9 Å². The first kappa shape index (κ1) is 13.8. The molecule has 2 rings (SSSR count). The number of hydrogen-bond acceptors (Lipinski definition) is 3. The maximum absolute atomic E-state index is 12.7. The van der Waals surface area contributed by atoms with Gasteiger partial charge in [0.15, 0.2) is 0 Å². The van der Waals surface area contributed by atoms with Gasteiger partial charge in [0.05, 0.1) is 5.41 Å². The van der Waals surface area contributed by atoms with Crippen molar-refractivity contribution in [1.82, 2.24) is 4.90 Å². The van der Waals surface area contributed by atoms with Gasteiger partial charge in [-0.1, -0.05) is 6.92 Å². The third kappa shape index (κ3) is 2.41. The smallest absolute Gasteiger partial charge is 0.230 e. The summed E-state index contributed by atoms with van der Waals surface area (Å²) in [6.07, 6.45) is 5.80. The Morgan fingerprint density at radius 1 is 1.50 bits per heavy atom. The van der Waals surface area contributed by atoms with Gasteiger partial charge in [-0.2, -0.15) is 0 Å². The van der Waals surface area contributed by atoms with Gasteiger partial charge in [0, 0.05) is 25.7 Å². The Morgan fingerprint density at radius 3 is 2.78 bits per heavy atom. The van der Waals surface area contributed by atoms with Gasteiger partial charge >= 0.3 is 0 Å². The summed E-state index contributed by atoms with van der Waals surface area (Å²) < 4.78 is 0. The molecule has 0 aromatic rings. The number of aliphatic hydroxyl groups is 1. The molecule has 104 valence electrons. The molecule has 0 aromatic heterocycles. The Balaban J connectivity index is 1.99. The molecule has 2 aliphatic rings. The van der Waals surface area contributed by atoms with Crippen molar-refractivity contribution in [2.24, 2.45) is 17.1 Å². The molecule has 1 saturated heterocycles. The summed E-state index contributed by atoms with van der Waals surface area (Å²) in [5, 5.41) is 8.93. The zero-order chi connectivity index (χ0) is 13.2. The van der Waals surface area contributed by atoms with Crippen LogP contribution in [-0.4, -0.2) is 41.7 Å². The monoisotopic (exact) mass is 254 g/mol. The highest BCUT2D eigenvalue weighted by atomic mass is 16.3. The molecule has 1 aliphatic heterocycles. The SMILES string of the molecule is CC1CC(CN)(C(=O)N2CCCC2CCCO)C1. The third-order valence-electron chi connectivity index (χ3n) is 4.66. The van der Waals surface area contributed by atoms with Crippen LogP contribution < -0.4 is 5.73 Å². The van der Waals surface area contributed by atoms with E-state index in [0.717, 1.165) is 45.1 Å². The topological polar surface area (TPSA) is 66.6 Å². The molecule has 0 aromatic carbocycles. The molecule has 4 nitrogen and oxygen atoms in total. The molecule has 1 unspecified atom stereocenters. The first-order valence-corrected chi connectivity index (χ1v) is 7.25. The molecule has 0 spiro atoms. The molecular formula is C14H26N2O2. The highest BCUT2D eigenvalue weighted by Gasteiger charge is 2.50. The standard InChI is InChI=1S/C14H26N2O2/c1-11-8-14(9-11,10-15)13(18)16-6-2-4-12(16)5-3-7-17/h11-12,17H,2-10,15H2,1H3. The quantitative estimate of drug-likeness (QED) is 0.773. The normalized spacial score (nSPS) is 35.6. The van der Waals surface area contributed by atoms with Crippen LogP contribution in [-0.2, 0) is 4.79 Å². The first-order chi connectivity index (χ1) is 8.63. The average molecular weight is 254 g/mol. The van der Waals surface area contributed by atoms with Gasteiger partial charge in [-0.15, -0.1) is 0 Å². The third-order valence-corrected chi connectivity index (χ3v) is 4.66. The lowest BCUT2D eigenvalue weighted by Crippen LogP contribution is -2.55. The second-order valence-corrected chi connectivity index (χ2v) is 6.16. The molecular weight excluding hydrogens is 228 g/mol. The molecule has 1 saturated carbocycles. The van der Waals surface area contributed by atoms with Crippen LogP contribution in [0.4, 0.5) is 0 Å². The zero-order valence-electron chi connectivity index (χ0n) is 11.4. The fourth-order valence-electron chi connectivity index (χ4n) is 3.74. The van der Waals surface area contributed by atoms with Gasteiger partial charge in [0.1, 0.15) is 0 Å². The highest BCUT2D eigenvalue weighted by Crippen LogP contribution is 2.47. The van der Waals surface area contributed by atoms with Crippen molar-refractivity contribution < 1.29 is 9.90 Å². The van der Waals surface area contributed by atoms with Crippen molar-refractivity contribution in [3.05, 3.63) is 0 Å². The Kier molecular flexibility index (Phi) is 4.28. The molecule has 0 radical (unpaired) electrons. The van der Waals surface area contributed by atoms with Crippen molar-refractivity contribution in [3.8, 4) is 0 Å². The number of likely N-dealkylation sites (tertiary alicyclic amines) is 1. The maximum Gasteiger partial charge on any atom is 0.230 e. The molecule has 0 bridgehead atoms. The van der Waals surface area contributed by atoms with Crippen LogP contribution in [0.5, 0.6) is 0 Å². The van der Waals surface area contributed by atoms with E-state index in [4.69, 9.17) is 10.8 Å². The largest absolute Gasteiger partial charge is 0.396 e. The summed E-state index contributed by atoms with van der Waals surface area (Å²) in [4.78, 5) is 14.7. The number of aliphatic hydroxyl groups excluding tert-OH is 1. The lowest BCUT2D eigenvalue weighted by molar-refractivity contribution is -0.150. The number of nitrogens with two attached hydrogens (primary N) is 1. The Bertz CT molecular complexity index is 300. The van der Waals surface area contributed by atoms with Crippen molar-refractivity contribution in [3.63, 3.8) is 0 Å². The van der Waals surface area contributed by atoms with E-state index in [1.807, 2.05) is 0 Å². The van der Waals surface area contributed by atoms with E-state index >= 15 is 0 Å². The fourth-order valence-corrected chi connectivity index (χ4v) is 3.74. The summed E-state index contributed by atoms with van der Waals surface area (Å²) in [6, 6.07) is 0.337. The molecule has 2 fully saturated rings. The van der Waals surface area contributed by atoms with Crippen LogP contribution >= 0.6 is 0 Å². The van der Waals surface area contributed by atoms with Crippen molar-refractivity contribution in [2.45, 2.75) is 51.5 Å².